The lowest BCUT2D eigenvalue weighted by atomic mass is 10.1. The lowest BCUT2D eigenvalue weighted by molar-refractivity contribution is -0.479. The van der Waals surface area contributed by atoms with Crippen molar-refractivity contribution in [3.05, 3.63) is 110 Å². The summed E-state index contributed by atoms with van der Waals surface area (Å²) < 4.78 is 21.9. The highest BCUT2D eigenvalue weighted by Gasteiger charge is 2.27. The summed E-state index contributed by atoms with van der Waals surface area (Å²) in [4.78, 5) is 11.3. The molecule has 0 fully saturated rings. The van der Waals surface area contributed by atoms with Gasteiger partial charge in [-0.3, -0.25) is 14.7 Å². The third kappa shape index (κ3) is 6.26. The Morgan fingerprint density at radius 1 is 1.11 bits per heavy atom. The fraction of sp³-hybridized carbons (Fsp3) is 0.200. The van der Waals surface area contributed by atoms with E-state index < -0.39 is 5.25 Å². The molecule has 0 amide bonds. The van der Waals surface area contributed by atoms with E-state index in [0.29, 0.717) is 22.3 Å². The van der Waals surface area contributed by atoms with Gasteiger partial charge >= 0.3 is 0 Å². The lowest BCUT2D eigenvalue weighted by Gasteiger charge is -2.18. The molecule has 1 aromatic heterocycles. The number of aryl methyl sites for hydroxylation is 2. The molecule has 0 radical (unpaired) electrons. The van der Waals surface area contributed by atoms with Gasteiger partial charge in [0.1, 0.15) is 29.2 Å². The Hall–Kier alpha value is -3.24. The maximum absolute atomic E-state index is 13.2. The highest BCUT2D eigenvalue weighted by atomic mass is 79.9. The van der Waals surface area contributed by atoms with Crippen LogP contribution in [0, 0.1) is 29.8 Å². The molecule has 0 aliphatic carbocycles. The van der Waals surface area contributed by atoms with Crippen molar-refractivity contribution in [1.82, 2.24) is 14.8 Å². The van der Waals surface area contributed by atoms with Crippen molar-refractivity contribution in [1.29, 1.82) is 0 Å². The van der Waals surface area contributed by atoms with Crippen LogP contribution in [-0.2, 0) is 6.61 Å². The van der Waals surface area contributed by atoms with Crippen LogP contribution >= 0.6 is 27.7 Å². The maximum Gasteiger partial charge on any atom is 0.220 e. The zero-order valence-electron chi connectivity index (χ0n) is 19.0. The van der Waals surface area contributed by atoms with Gasteiger partial charge in [0, 0.05) is 20.6 Å². The van der Waals surface area contributed by atoms with E-state index >= 15 is 0 Å². The monoisotopic (exact) mass is 556 g/mol. The minimum absolute atomic E-state index is 0.198. The lowest BCUT2D eigenvalue weighted by Crippen LogP contribution is -2.13. The molecular weight excluding hydrogens is 535 g/mol. The molecule has 10 heteroatoms. The van der Waals surface area contributed by atoms with Crippen LogP contribution in [0.2, 0.25) is 0 Å². The first kappa shape index (κ1) is 24.9. The van der Waals surface area contributed by atoms with E-state index in [4.69, 9.17) is 4.74 Å². The molecule has 0 N–H and O–H groups in total. The second kappa shape index (κ2) is 11.0. The Balaban J connectivity index is 1.68. The van der Waals surface area contributed by atoms with Gasteiger partial charge in [-0.2, -0.15) is 0 Å². The fourth-order valence-electron chi connectivity index (χ4n) is 3.59. The van der Waals surface area contributed by atoms with Crippen molar-refractivity contribution in [2.75, 3.05) is 6.54 Å². The van der Waals surface area contributed by atoms with Crippen LogP contribution in [0.4, 0.5) is 4.39 Å². The molecule has 1 heterocycles. The zero-order valence-corrected chi connectivity index (χ0v) is 21.4. The standard InChI is InChI=1S/C25H22BrFN4O3S/c1-16-4-3-5-21(12-16)31-17(2)28-29-25(31)35-24(14-30(32)33)22-13-19(26)8-11-23(22)34-15-18-6-9-20(27)10-7-18/h3-13,24H,14-15H2,1-2H3/t24-/m1/s1. The van der Waals surface area contributed by atoms with E-state index in [0.717, 1.165) is 21.3 Å². The van der Waals surface area contributed by atoms with Crippen LogP contribution in [0.15, 0.2) is 76.4 Å². The Bertz CT molecular complexity index is 1350. The Kier molecular flexibility index (Phi) is 7.82. The number of rotatable bonds is 9. The third-order valence-corrected chi connectivity index (χ3v) is 6.90. The molecule has 0 aliphatic heterocycles. The van der Waals surface area contributed by atoms with E-state index in [1.54, 1.807) is 18.2 Å². The molecule has 4 rings (SSSR count). The number of aromatic nitrogens is 3. The molecular formula is C25H22BrFN4O3S. The van der Waals surface area contributed by atoms with E-state index in [-0.39, 0.29) is 23.9 Å². The number of hydrogen-bond donors (Lipinski definition) is 0. The smallest absolute Gasteiger partial charge is 0.220 e. The Morgan fingerprint density at radius 3 is 2.60 bits per heavy atom. The zero-order chi connectivity index (χ0) is 24.9. The second-order valence-corrected chi connectivity index (χ2v) is 10.0. The van der Waals surface area contributed by atoms with Crippen LogP contribution in [0.1, 0.15) is 27.8 Å². The number of benzene rings is 3. The number of thioether (sulfide) groups is 1. The van der Waals surface area contributed by atoms with Crippen molar-refractivity contribution >= 4 is 27.7 Å². The van der Waals surface area contributed by atoms with E-state index in [1.807, 2.05) is 54.8 Å². The van der Waals surface area contributed by atoms with Crippen LogP contribution < -0.4 is 4.74 Å². The van der Waals surface area contributed by atoms with E-state index in [9.17, 15) is 14.5 Å². The first-order valence-corrected chi connectivity index (χ1v) is 12.4. The average molecular weight is 557 g/mol. The van der Waals surface area contributed by atoms with Gasteiger partial charge in [0.15, 0.2) is 5.16 Å². The largest absolute Gasteiger partial charge is 0.489 e. The van der Waals surface area contributed by atoms with E-state index in [1.165, 1.54) is 23.9 Å². The molecule has 7 nitrogen and oxygen atoms in total. The highest BCUT2D eigenvalue weighted by molar-refractivity contribution is 9.10. The first-order valence-electron chi connectivity index (χ1n) is 10.7. The number of halogens is 2. The summed E-state index contributed by atoms with van der Waals surface area (Å²) in [5, 5.41) is 20.1. The predicted octanol–water partition coefficient (Wildman–Crippen LogP) is 6.47. The van der Waals surface area contributed by atoms with Gasteiger partial charge in [-0.1, -0.05) is 52.0 Å². The molecule has 0 bridgehead atoms. The fourth-order valence-corrected chi connectivity index (χ4v) is 5.16. The van der Waals surface area contributed by atoms with Crippen molar-refractivity contribution in [3.8, 4) is 11.4 Å². The SMILES string of the molecule is Cc1cccc(-n2c(C)nnc2S[C@H](C[N+](=O)[O-])c2cc(Br)ccc2OCc2ccc(F)cc2)c1. The van der Waals surface area contributed by atoms with Crippen molar-refractivity contribution in [3.63, 3.8) is 0 Å². The molecule has 0 aliphatic rings. The number of nitro groups is 1. The summed E-state index contributed by atoms with van der Waals surface area (Å²) in [5.74, 6) is 0.865. The van der Waals surface area contributed by atoms with Gasteiger partial charge in [-0.15, -0.1) is 10.2 Å². The topological polar surface area (TPSA) is 83.1 Å². The van der Waals surface area contributed by atoms with E-state index in [2.05, 4.69) is 26.1 Å². The molecule has 0 unspecified atom stereocenters. The number of nitrogens with zero attached hydrogens (tertiary/aromatic N) is 4. The summed E-state index contributed by atoms with van der Waals surface area (Å²) in [7, 11) is 0. The summed E-state index contributed by atoms with van der Waals surface area (Å²) >= 11 is 4.74. The molecule has 180 valence electrons. The molecule has 0 saturated carbocycles. The predicted molar refractivity (Wildman–Crippen MR) is 136 cm³/mol. The van der Waals surface area contributed by atoms with Crippen LogP contribution in [0.3, 0.4) is 0 Å². The summed E-state index contributed by atoms with van der Waals surface area (Å²) in [5.41, 5.74) is 3.40. The van der Waals surface area contributed by atoms with Gasteiger partial charge in [0.25, 0.3) is 0 Å². The minimum Gasteiger partial charge on any atom is -0.489 e. The van der Waals surface area contributed by atoms with Crippen LogP contribution in [0.25, 0.3) is 5.69 Å². The van der Waals surface area contributed by atoms with Gasteiger partial charge in [-0.25, -0.2) is 4.39 Å². The molecule has 0 spiro atoms. The summed E-state index contributed by atoms with van der Waals surface area (Å²) in [6.07, 6.45) is 0. The molecule has 1 atom stereocenters. The van der Waals surface area contributed by atoms with Gasteiger partial charge in [0.2, 0.25) is 6.54 Å². The highest BCUT2D eigenvalue weighted by Crippen LogP contribution is 2.41. The molecule has 4 aromatic rings. The molecule has 3 aromatic carbocycles. The van der Waals surface area contributed by atoms with Gasteiger partial charge in [-0.05, 0) is 67.4 Å². The minimum atomic E-state index is -0.599. The van der Waals surface area contributed by atoms with Crippen LogP contribution in [0.5, 0.6) is 5.75 Å². The van der Waals surface area contributed by atoms with Crippen LogP contribution in [-0.4, -0.2) is 26.2 Å². The average Bonchev–Trinajstić information content (AvgIpc) is 3.18. The van der Waals surface area contributed by atoms with Crippen molar-refractivity contribution < 1.29 is 14.1 Å². The Morgan fingerprint density at radius 2 is 1.89 bits per heavy atom. The maximum atomic E-state index is 13.2. The summed E-state index contributed by atoms with van der Waals surface area (Å²) in [6, 6.07) is 19.3. The second-order valence-electron chi connectivity index (χ2n) is 7.92. The first-order chi connectivity index (χ1) is 16.8. The van der Waals surface area contributed by atoms with Gasteiger partial charge in [0.05, 0.1) is 0 Å². The van der Waals surface area contributed by atoms with Crippen molar-refractivity contribution in [2.24, 2.45) is 0 Å². The summed E-state index contributed by atoms with van der Waals surface area (Å²) in [6.45, 7) is 3.70. The third-order valence-electron chi connectivity index (χ3n) is 5.24. The van der Waals surface area contributed by atoms with Gasteiger partial charge < -0.3 is 4.74 Å². The quantitative estimate of drug-likeness (QED) is 0.133. The normalized spacial score (nSPS) is 11.9. The molecule has 35 heavy (non-hydrogen) atoms. The van der Waals surface area contributed by atoms with Crippen molar-refractivity contribution in [2.45, 2.75) is 30.9 Å². The number of ether oxygens (including phenoxy) is 1. The number of hydrogen-bond acceptors (Lipinski definition) is 6. The Labute approximate surface area is 214 Å². The molecule has 0 saturated heterocycles.